The van der Waals surface area contributed by atoms with E-state index >= 15 is 0 Å². The molecule has 0 unspecified atom stereocenters. The largest absolute Gasteiger partial charge is 0.496 e. The second kappa shape index (κ2) is 9.54. The van der Waals surface area contributed by atoms with Gasteiger partial charge in [-0.1, -0.05) is 66.7 Å². The summed E-state index contributed by atoms with van der Waals surface area (Å²) in [5.74, 6) is 0.751. The van der Waals surface area contributed by atoms with E-state index in [0.717, 1.165) is 16.7 Å². The van der Waals surface area contributed by atoms with Crippen molar-refractivity contribution in [3.8, 4) is 17.2 Å². The number of carbonyl (C=O) groups excluding carboxylic acids is 1. The first-order chi connectivity index (χ1) is 15.2. The Morgan fingerprint density at radius 3 is 2.32 bits per heavy atom. The van der Waals surface area contributed by atoms with Gasteiger partial charge in [0.15, 0.2) is 6.61 Å². The van der Waals surface area contributed by atoms with E-state index in [1.807, 2.05) is 84.9 Å². The Balaban J connectivity index is 1.56. The molecule has 0 aliphatic heterocycles. The molecule has 0 spiro atoms. The molecule has 1 heterocycles. The topological polar surface area (TPSA) is 74.5 Å². The van der Waals surface area contributed by atoms with Crippen molar-refractivity contribution in [3.05, 3.63) is 102 Å². The van der Waals surface area contributed by atoms with Crippen LogP contribution >= 0.6 is 0 Å². The fourth-order valence-electron chi connectivity index (χ4n) is 3.03. The Kier molecular flexibility index (Phi) is 6.18. The van der Waals surface area contributed by atoms with E-state index in [1.54, 1.807) is 13.2 Å². The molecule has 6 nitrogen and oxygen atoms in total. The molecule has 0 atom stereocenters. The zero-order valence-corrected chi connectivity index (χ0v) is 16.9. The number of hydrogen-bond acceptors (Lipinski definition) is 6. The summed E-state index contributed by atoms with van der Waals surface area (Å²) in [5, 5.41) is 7.99. The summed E-state index contributed by atoms with van der Waals surface area (Å²) in [5.41, 5.74) is 2.69. The van der Waals surface area contributed by atoms with Gasteiger partial charge in [0.05, 0.1) is 12.7 Å². The molecule has 3 aromatic carbocycles. The van der Waals surface area contributed by atoms with Gasteiger partial charge in [0.1, 0.15) is 5.75 Å². The number of aromatic nitrogens is 2. The van der Waals surface area contributed by atoms with Gasteiger partial charge in [-0.3, -0.25) is 0 Å². The average Bonchev–Trinajstić information content (AvgIpc) is 3.31. The van der Waals surface area contributed by atoms with Gasteiger partial charge >= 0.3 is 5.97 Å². The maximum atomic E-state index is 13.0. The van der Waals surface area contributed by atoms with Crippen LogP contribution < -0.4 is 4.74 Å². The Hall–Kier alpha value is -4.19. The van der Waals surface area contributed by atoms with Crippen LogP contribution in [-0.4, -0.2) is 23.3 Å². The third kappa shape index (κ3) is 4.87. The maximum absolute atomic E-state index is 13.0. The lowest BCUT2D eigenvalue weighted by Gasteiger charge is -2.10. The molecule has 0 amide bonds. The number of rotatable bonds is 7. The number of benzene rings is 3. The second-order valence-electron chi connectivity index (χ2n) is 6.61. The number of ether oxygens (including phenoxy) is 2. The van der Waals surface area contributed by atoms with Gasteiger partial charge in [0.25, 0.3) is 5.89 Å². The van der Waals surface area contributed by atoms with Crippen molar-refractivity contribution in [2.45, 2.75) is 6.61 Å². The van der Waals surface area contributed by atoms with Crippen LogP contribution in [-0.2, 0) is 16.1 Å². The molecule has 0 aliphatic rings. The Morgan fingerprint density at radius 1 is 0.903 bits per heavy atom. The van der Waals surface area contributed by atoms with Crippen LogP contribution in [0.1, 0.15) is 17.0 Å². The molecule has 0 fully saturated rings. The van der Waals surface area contributed by atoms with Gasteiger partial charge in [-0.15, -0.1) is 10.2 Å². The molecular weight excluding hydrogens is 392 g/mol. The second-order valence-corrected chi connectivity index (χ2v) is 6.61. The van der Waals surface area contributed by atoms with E-state index in [-0.39, 0.29) is 12.5 Å². The van der Waals surface area contributed by atoms with E-state index in [0.29, 0.717) is 17.2 Å². The lowest BCUT2D eigenvalue weighted by atomic mass is 10.0. The number of hydrogen-bond donors (Lipinski definition) is 0. The lowest BCUT2D eigenvalue weighted by Crippen LogP contribution is -2.08. The summed E-state index contributed by atoms with van der Waals surface area (Å²) >= 11 is 0. The Bertz CT molecular complexity index is 1180. The first-order valence-electron chi connectivity index (χ1n) is 9.69. The van der Waals surface area contributed by atoms with Gasteiger partial charge in [0.2, 0.25) is 5.89 Å². The van der Waals surface area contributed by atoms with Crippen molar-refractivity contribution in [2.75, 3.05) is 7.11 Å². The summed E-state index contributed by atoms with van der Waals surface area (Å²) in [6.07, 6.45) is 1.75. The fraction of sp³-hybridized carbons (Fsp3) is 0.0800. The van der Waals surface area contributed by atoms with E-state index in [1.165, 1.54) is 0 Å². The highest BCUT2D eigenvalue weighted by Gasteiger charge is 2.17. The molecule has 0 bridgehead atoms. The van der Waals surface area contributed by atoms with Crippen LogP contribution in [0, 0.1) is 0 Å². The predicted octanol–water partition coefficient (Wildman–Crippen LogP) is 5.03. The third-order valence-corrected chi connectivity index (χ3v) is 4.56. The zero-order chi connectivity index (χ0) is 21.5. The first-order valence-corrected chi connectivity index (χ1v) is 9.69. The minimum Gasteiger partial charge on any atom is -0.496 e. The number of esters is 1. The van der Waals surface area contributed by atoms with Crippen molar-refractivity contribution in [1.29, 1.82) is 0 Å². The minimum atomic E-state index is -0.503. The van der Waals surface area contributed by atoms with Crippen LogP contribution in [0.4, 0.5) is 0 Å². The van der Waals surface area contributed by atoms with Gasteiger partial charge < -0.3 is 13.9 Å². The standard InChI is InChI=1S/C25H20N2O4/c1-29-22-15-9-8-14-20(22)16-21(18-10-4-2-5-11-18)25(28)30-17-23-26-27-24(31-23)19-12-6-3-7-13-19/h2-16H,17H2,1H3. The number of nitrogens with zero attached hydrogens (tertiary/aromatic N) is 2. The van der Waals surface area contributed by atoms with Gasteiger partial charge in [0, 0.05) is 11.1 Å². The SMILES string of the molecule is COc1ccccc1C=C(C(=O)OCc1nnc(-c2ccccc2)o1)c1ccccc1. The molecule has 154 valence electrons. The molecule has 4 aromatic rings. The zero-order valence-electron chi connectivity index (χ0n) is 16.9. The van der Waals surface area contributed by atoms with E-state index < -0.39 is 5.97 Å². The number of para-hydroxylation sites is 1. The average molecular weight is 412 g/mol. The van der Waals surface area contributed by atoms with Gasteiger partial charge in [-0.2, -0.15) is 0 Å². The molecule has 0 saturated heterocycles. The lowest BCUT2D eigenvalue weighted by molar-refractivity contribution is -0.138. The van der Waals surface area contributed by atoms with Gasteiger partial charge in [-0.25, -0.2) is 4.79 Å². The molecule has 0 aliphatic carbocycles. The highest BCUT2D eigenvalue weighted by molar-refractivity contribution is 6.21. The molecule has 4 rings (SSSR count). The quantitative estimate of drug-likeness (QED) is 0.241. The minimum absolute atomic E-state index is 0.130. The Morgan fingerprint density at radius 2 is 1.58 bits per heavy atom. The van der Waals surface area contributed by atoms with Crippen molar-refractivity contribution in [2.24, 2.45) is 0 Å². The van der Waals surface area contributed by atoms with Crippen molar-refractivity contribution in [3.63, 3.8) is 0 Å². The number of carbonyl (C=O) groups is 1. The third-order valence-electron chi connectivity index (χ3n) is 4.56. The van der Waals surface area contributed by atoms with Crippen LogP contribution in [0.15, 0.2) is 89.3 Å². The van der Waals surface area contributed by atoms with Crippen LogP contribution in [0.5, 0.6) is 5.75 Å². The summed E-state index contributed by atoms with van der Waals surface area (Å²) < 4.78 is 16.5. The molecule has 6 heteroatoms. The highest BCUT2D eigenvalue weighted by Crippen LogP contribution is 2.26. The summed E-state index contributed by atoms with van der Waals surface area (Å²) in [7, 11) is 1.59. The van der Waals surface area contributed by atoms with E-state index in [4.69, 9.17) is 13.9 Å². The fourth-order valence-corrected chi connectivity index (χ4v) is 3.03. The van der Waals surface area contributed by atoms with E-state index in [9.17, 15) is 4.79 Å². The molecule has 31 heavy (non-hydrogen) atoms. The van der Waals surface area contributed by atoms with Gasteiger partial charge in [-0.05, 0) is 29.8 Å². The molecular formula is C25H20N2O4. The van der Waals surface area contributed by atoms with Crippen molar-refractivity contribution >= 4 is 17.6 Å². The summed E-state index contributed by atoms with van der Waals surface area (Å²) in [6, 6.07) is 26.2. The van der Waals surface area contributed by atoms with Crippen molar-refractivity contribution < 1.29 is 18.7 Å². The monoisotopic (exact) mass is 412 g/mol. The van der Waals surface area contributed by atoms with Crippen molar-refractivity contribution in [1.82, 2.24) is 10.2 Å². The normalized spacial score (nSPS) is 11.2. The van der Waals surface area contributed by atoms with Crippen LogP contribution in [0.2, 0.25) is 0 Å². The summed E-state index contributed by atoms with van der Waals surface area (Å²) in [6.45, 7) is -0.130. The molecule has 1 aromatic heterocycles. The molecule has 0 saturated carbocycles. The first kappa shape index (κ1) is 20.1. The van der Waals surface area contributed by atoms with Crippen LogP contribution in [0.3, 0.4) is 0 Å². The number of methoxy groups -OCH3 is 1. The summed E-state index contributed by atoms with van der Waals surface area (Å²) in [4.78, 5) is 13.0. The molecule has 0 radical (unpaired) electrons. The van der Waals surface area contributed by atoms with Crippen LogP contribution in [0.25, 0.3) is 23.1 Å². The maximum Gasteiger partial charge on any atom is 0.339 e. The predicted molar refractivity (Wildman–Crippen MR) is 117 cm³/mol. The highest BCUT2D eigenvalue weighted by atomic mass is 16.5. The Labute approximate surface area is 179 Å². The molecule has 0 N–H and O–H groups in total. The van der Waals surface area contributed by atoms with E-state index in [2.05, 4.69) is 10.2 Å². The smallest absolute Gasteiger partial charge is 0.339 e.